The maximum Gasteiger partial charge on any atom is 0.220 e. The highest BCUT2D eigenvalue weighted by Crippen LogP contribution is 2.30. The molecule has 152 valence electrons. The predicted octanol–water partition coefficient (Wildman–Crippen LogP) is 4.11. The molecule has 2 aromatic carbocycles. The van der Waals surface area contributed by atoms with E-state index in [1.807, 2.05) is 30.3 Å². The summed E-state index contributed by atoms with van der Waals surface area (Å²) in [4.78, 5) is 26.6. The van der Waals surface area contributed by atoms with Gasteiger partial charge in [-0.3, -0.25) is 9.59 Å². The standard InChI is InChI=1S/C24H29N3O2/c1-18(28)25-15-9-3-6-14-24(29)27-16-21(19-10-4-2-5-11-19)22-17-26-23-13-8-7-12-20(22)23/h2,4-5,7-8,10-13,17,21,26H,3,6,9,14-16H2,1H3,(H,25,28)(H,27,29). The average molecular weight is 392 g/mol. The van der Waals surface area contributed by atoms with Gasteiger partial charge < -0.3 is 15.6 Å². The lowest BCUT2D eigenvalue weighted by Crippen LogP contribution is -2.28. The molecule has 0 radical (unpaired) electrons. The molecule has 1 atom stereocenters. The molecule has 1 aromatic heterocycles. The number of hydrogen-bond acceptors (Lipinski definition) is 2. The second-order valence-corrected chi connectivity index (χ2v) is 7.35. The Bertz CT molecular complexity index is 933. The van der Waals surface area contributed by atoms with Crippen molar-refractivity contribution in [3.8, 4) is 0 Å². The van der Waals surface area contributed by atoms with E-state index >= 15 is 0 Å². The van der Waals surface area contributed by atoms with Crippen molar-refractivity contribution in [2.24, 2.45) is 0 Å². The van der Waals surface area contributed by atoms with E-state index in [2.05, 4.69) is 46.1 Å². The maximum atomic E-state index is 12.4. The zero-order chi connectivity index (χ0) is 20.5. The number of aromatic amines is 1. The molecular formula is C24H29N3O2. The molecule has 29 heavy (non-hydrogen) atoms. The van der Waals surface area contributed by atoms with Gasteiger partial charge in [-0.25, -0.2) is 0 Å². The van der Waals surface area contributed by atoms with Crippen molar-refractivity contribution < 1.29 is 9.59 Å². The van der Waals surface area contributed by atoms with E-state index in [-0.39, 0.29) is 17.7 Å². The SMILES string of the molecule is CC(=O)NCCCCCC(=O)NCC(c1ccccc1)c1c[nH]c2ccccc12. The summed E-state index contributed by atoms with van der Waals surface area (Å²) in [5, 5.41) is 7.09. The van der Waals surface area contributed by atoms with Gasteiger partial charge in [0.15, 0.2) is 0 Å². The molecule has 0 spiro atoms. The Kier molecular flexibility index (Phi) is 7.45. The van der Waals surface area contributed by atoms with Crippen LogP contribution in [0.2, 0.25) is 0 Å². The number of aromatic nitrogens is 1. The Balaban J connectivity index is 1.59. The Morgan fingerprint density at radius 1 is 0.931 bits per heavy atom. The number of carbonyl (C=O) groups is 2. The number of hydrogen-bond donors (Lipinski definition) is 3. The first-order valence-electron chi connectivity index (χ1n) is 10.3. The van der Waals surface area contributed by atoms with E-state index in [4.69, 9.17) is 0 Å². The first kappa shape index (κ1) is 20.6. The van der Waals surface area contributed by atoms with Gasteiger partial charge >= 0.3 is 0 Å². The molecule has 0 aliphatic rings. The van der Waals surface area contributed by atoms with Crippen LogP contribution in [0.1, 0.15) is 49.7 Å². The van der Waals surface area contributed by atoms with E-state index < -0.39 is 0 Å². The normalized spacial score (nSPS) is 11.9. The van der Waals surface area contributed by atoms with E-state index in [0.717, 1.165) is 24.8 Å². The van der Waals surface area contributed by atoms with Gasteiger partial charge in [0.05, 0.1) is 0 Å². The van der Waals surface area contributed by atoms with E-state index in [1.54, 1.807) is 0 Å². The second-order valence-electron chi connectivity index (χ2n) is 7.35. The predicted molar refractivity (Wildman–Crippen MR) is 117 cm³/mol. The second kappa shape index (κ2) is 10.5. The quantitative estimate of drug-likeness (QED) is 0.455. The van der Waals surface area contributed by atoms with Crippen molar-refractivity contribution in [2.75, 3.05) is 13.1 Å². The lowest BCUT2D eigenvalue weighted by atomic mass is 9.91. The highest BCUT2D eigenvalue weighted by atomic mass is 16.2. The Morgan fingerprint density at radius 2 is 1.69 bits per heavy atom. The zero-order valence-corrected chi connectivity index (χ0v) is 16.9. The molecule has 5 nitrogen and oxygen atoms in total. The molecule has 2 amide bonds. The molecule has 1 unspecified atom stereocenters. The van der Waals surface area contributed by atoms with Crippen LogP contribution in [0.25, 0.3) is 10.9 Å². The summed E-state index contributed by atoms with van der Waals surface area (Å²) >= 11 is 0. The van der Waals surface area contributed by atoms with Crippen LogP contribution in [-0.4, -0.2) is 29.9 Å². The van der Waals surface area contributed by atoms with Crippen LogP contribution in [0.15, 0.2) is 60.8 Å². The molecule has 5 heteroatoms. The summed E-state index contributed by atoms with van der Waals surface area (Å²) in [5.41, 5.74) is 3.49. The van der Waals surface area contributed by atoms with Crippen LogP contribution in [-0.2, 0) is 9.59 Å². The van der Waals surface area contributed by atoms with Crippen molar-refractivity contribution in [1.29, 1.82) is 0 Å². The molecule has 0 saturated heterocycles. The van der Waals surface area contributed by atoms with Crippen LogP contribution < -0.4 is 10.6 Å². The number of carbonyl (C=O) groups excluding carboxylic acids is 2. The van der Waals surface area contributed by atoms with E-state index in [0.29, 0.717) is 19.5 Å². The van der Waals surface area contributed by atoms with Gasteiger partial charge in [0.1, 0.15) is 0 Å². The van der Waals surface area contributed by atoms with Crippen LogP contribution in [0.5, 0.6) is 0 Å². The average Bonchev–Trinajstić information content (AvgIpc) is 3.15. The van der Waals surface area contributed by atoms with Crippen molar-refractivity contribution in [1.82, 2.24) is 15.6 Å². The minimum atomic E-state index is -0.00743. The van der Waals surface area contributed by atoms with Gasteiger partial charge in [-0.2, -0.15) is 0 Å². The summed E-state index contributed by atoms with van der Waals surface area (Å²) in [6.07, 6.45) is 5.22. The van der Waals surface area contributed by atoms with Gasteiger partial charge in [0.25, 0.3) is 0 Å². The van der Waals surface area contributed by atoms with Gasteiger partial charge in [-0.05, 0) is 30.0 Å². The molecule has 3 aromatic rings. The summed E-state index contributed by atoms with van der Waals surface area (Å²) < 4.78 is 0. The Morgan fingerprint density at radius 3 is 2.48 bits per heavy atom. The summed E-state index contributed by atoms with van der Waals surface area (Å²) in [6.45, 7) is 2.76. The van der Waals surface area contributed by atoms with E-state index in [1.165, 1.54) is 23.4 Å². The molecule has 3 N–H and O–H groups in total. The molecule has 0 fully saturated rings. The zero-order valence-electron chi connectivity index (χ0n) is 16.9. The lowest BCUT2D eigenvalue weighted by Gasteiger charge is -2.18. The van der Waals surface area contributed by atoms with Gasteiger partial charge in [0.2, 0.25) is 11.8 Å². The molecule has 0 saturated carbocycles. The van der Waals surface area contributed by atoms with Crippen molar-refractivity contribution in [3.05, 3.63) is 71.9 Å². The molecule has 3 rings (SSSR count). The van der Waals surface area contributed by atoms with Gasteiger partial charge in [-0.1, -0.05) is 55.0 Å². The highest BCUT2D eigenvalue weighted by Gasteiger charge is 2.18. The molecule has 0 aliphatic carbocycles. The van der Waals surface area contributed by atoms with Crippen LogP contribution in [0, 0.1) is 0 Å². The van der Waals surface area contributed by atoms with Crippen molar-refractivity contribution >= 4 is 22.7 Å². The third kappa shape index (κ3) is 5.95. The number of H-pyrrole nitrogens is 1. The maximum absolute atomic E-state index is 12.4. The fraction of sp³-hybridized carbons (Fsp3) is 0.333. The summed E-state index contributed by atoms with van der Waals surface area (Å²) in [7, 11) is 0. The fourth-order valence-corrected chi connectivity index (χ4v) is 3.63. The molecule has 1 heterocycles. The van der Waals surface area contributed by atoms with Crippen LogP contribution in [0.4, 0.5) is 0 Å². The first-order valence-corrected chi connectivity index (χ1v) is 10.3. The van der Waals surface area contributed by atoms with Gasteiger partial charge in [-0.15, -0.1) is 0 Å². The van der Waals surface area contributed by atoms with Crippen LogP contribution >= 0.6 is 0 Å². The van der Waals surface area contributed by atoms with Crippen molar-refractivity contribution in [3.63, 3.8) is 0 Å². The van der Waals surface area contributed by atoms with Gasteiger partial charge in [0, 0.05) is 49.5 Å². The summed E-state index contributed by atoms with van der Waals surface area (Å²) in [6, 6.07) is 18.6. The van der Waals surface area contributed by atoms with Crippen LogP contribution in [0.3, 0.4) is 0 Å². The topological polar surface area (TPSA) is 74.0 Å². The third-order valence-corrected chi connectivity index (χ3v) is 5.16. The molecular weight excluding hydrogens is 362 g/mol. The fourth-order valence-electron chi connectivity index (χ4n) is 3.63. The Hall–Kier alpha value is -3.08. The number of benzene rings is 2. The molecule has 0 aliphatic heterocycles. The number of amides is 2. The molecule has 0 bridgehead atoms. The highest BCUT2D eigenvalue weighted by molar-refractivity contribution is 5.84. The number of nitrogens with one attached hydrogen (secondary N) is 3. The smallest absolute Gasteiger partial charge is 0.220 e. The number of fused-ring (bicyclic) bond motifs is 1. The number of unbranched alkanes of at least 4 members (excludes halogenated alkanes) is 2. The lowest BCUT2D eigenvalue weighted by molar-refractivity contribution is -0.121. The van der Waals surface area contributed by atoms with Crippen molar-refractivity contribution in [2.45, 2.75) is 38.5 Å². The first-order chi connectivity index (χ1) is 14.1. The number of rotatable bonds is 10. The number of para-hydroxylation sites is 1. The minimum Gasteiger partial charge on any atom is -0.361 e. The minimum absolute atomic E-state index is 0.00743. The third-order valence-electron chi connectivity index (χ3n) is 5.16. The Labute approximate surface area is 171 Å². The summed E-state index contributed by atoms with van der Waals surface area (Å²) in [5.74, 6) is 0.161. The van der Waals surface area contributed by atoms with E-state index in [9.17, 15) is 9.59 Å². The monoisotopic (exact) mass is 391 g/mol. The largest absolute Gasteiger partial charge is 0.361 e.